The number of ether oxygens (including phenoxy) is 1. The fourth-order valence-corrected chi connectivity index (χ4v) is 5.84. The Morgan fingerprint density at radius 2 is 1.56 bits per heavy atom. The van der Waals surface area contributed by atoms with E-state index >= 15 is 0 Å². The summed E-state index contributed by atoms with van der Waals surface area (Å²) >= 11 is 0. The summed E-state index contributed by atoms with van der Waals surface area (Å²) in [4.78, 5) is 23.9. The van der Waals surface area contributed by atoms with Gasteiger partial charge in [-0.1, -0.05) is 37.0 Å². The van der Waals surface area contributed by atoms with Gasteiger partial charge in [0.2, 0.25) is 5.91 Å². The molecule has 0 N–H and O–H groups in total. The predicted octanol–water partition coefficient (Wildman–Crippen LogP) is 5.50. The molecule has 5 nitrogen and oxygen atoms in total. The third-order valence-corrected chi connectivity index (χ3v) is 7.49. The van der Waals surface area contributed by atoms with E-state index in [1.807, 2.05) is 29.2 Å². The van der Waals surface area contributed by atoms with Crippen LogP contribution in [0.1, 0.15) is 50.5 Å². The standard InChI is InChI=1S/C27H33N3O2/c1-20-8-12-22(13-9-20)30-25(28-21-10-14-23(32-2)15-11-21)24(29-18-6-7-19-29)27(26(30)31)16-4-3-5-17-27/h8-15,24H,3-7,16-19H2,1-2H3/t24-/m0/s1. The summed E-state index contributed by atoms with van der Waals surface area (Å²) in [5.74, 6) is 1.95. The maximum Gasteiger partial charge on any atom is 0.240 e. The van der Waals surface area contributed by atoms with Crippen LogP contribution in [0, 0.1) is 12.3 Å². The van der Waals surface area contributed by atoms with Gasteiger partial charge < -0.3 is 4.74 Å². The minimum Gasteiger partial charge on any atom is -0.497 e. The lowest BCUT2D eigenvalue weighted by atomic mass is 9.69. The van der Waals surface area contributed by atoms with Gasteiger partial charge in [-0.05, 0) is 82.1 Å². The molecule has 0 unspecified atom stereocenters. The SMILES string of the molecule is COc1ccc(N=C2[C@H](N3CCCC3)C3(CCCCC3)C(=O)N2c2ccc(C)cc2)cc1. The number of likely N-dealkylation sites (tertiary alicyclic amines) is 1. The molecule has 2 saturated heterocycles. The first-order chi connectivity index (χ1) is 15.6. The second-order valence-electron chi connectivity index (χ2n) is 9.51. The van der Waals surface area contributed by atoms with Gasteiger partial charge >= 0.3 is 0 Å². The van der Waals surface area contributed by atoms with Crippen molar-refractivity contribution < 1.29 is 9.53 Å². The zero-order chi connectivity index (χ0) is 22.1. The number of nitrogens with zero attached hydrogens (tertiary/aromatic N) is 3. The van der Waals surface area contributed by atoms with Crippen molar-refractivity contribution in [2.45, 2.75) is 57.9 Å². The average molecular weight is 432 g/mol. The Kier molecular flexibility index (Phi) is 5.76. The third kappa shape index (κ3) is 3.62. The highest BCUT2D eigenvalue weighted by molar-refractivity contribution is 6.27. The van der Waals surface area contributed by atoms with Crippen LogP contribution in [0.3, 0.4) is 0 Å². The minimum absolute atomic E-state index is 0.0428. The first kappa shape index (κ1) is 21.2. The zero-order valence-electron chi connectivity index (χ0n) is 19.2. The molecule has 1 aliphatic carbocycles. The van der Waals surface area contributed by atoms with Gasteiger partial charge in [-0.3, -0.25) is 14.6 Å². The lowest BCUT2D eigenvalue weighted by Gasteiger charge is -2.39. The van der Waals surface area contributed by atoms with Crippen molar-refractivity contribution in [3.8, 4) is 5.75 Å². The summed E-state index contributed by atoms with van der Waals surface area (Å²) in [5, 5.41) is 0. The van der Waals surface area contributed by atoms with Crippen LogP contribution in [0.5, 0.6) is 5.75 Å². The van der Waals surface area contributed by atoms with Gasteiger partial charge in [-0.15, -0.1) is 0 Å². The van der Waals surface area contributed by atoms with Gasteiger partial charge in [0, 0.05) is 0 Å². The lowest BCUT2D eigenvalue weighted by Crippen LogP contribution is -2.50. The van der Waals surface area contributed by atoms with Crippen molar-refractivity contribution in [1.82, 2.24) is 4.90 Å². The van der Waals surface area contributed by atoms with Gasteiger partial charge in [0.15, 0.2) is 0 Å². The number of aryl methyl sites for hydroxylation is 1. The first-order valence-corrected chi connectivity index (χ1v) is 12.0. The van der Waals surface area contributed by atoms with Crippen LogP contribution in [0.25, 0.3) is 0 Å². The van der Waals surface area contributed by atoms with Crippen LogP contribution in [0.4, 0.5) is 11.4 Å². The van der Waals surface area contributed by atoms with E-state index in [1.54, 1.807) is 7.11 Å². The number of benzene rings is 2. The number of carbonyl (C=O) groups excluding carboxylic acids is 1. The number of amidine groups is 1. The van der Waals surface area contributed by atoms with Crippen LogP contribution >= 0.6 is 0 Å². The summed E-state index contributed by atoms with van der Waals surface area (Å²) in [6, 6.07) is 16.2. The Morgan fingerprint density at radius 1 is 0.906 bits per heavy atom. The molecule has 3 aliphatic rings. The van der Waals surface area contributed by atoms with Crippen LogP contribution in [0.15, 0.2) is 53.5 Å². The number of methoxy groups -OCH3 is 1. The molecule has 1 atom stereocenters. The molecular formula is C27H33N3O2. The molecule has 3 fully saturated rings. The number of aliphatic imine (C=N–C) groups is 1. The number of anilines is 1. The monoisotopic (exact) mass is 431 g/mol. The Morgan fingerprint density at radius 3 is 2.19 bits per heavy atom. The molecule has 1 amide bonds. The van der Waals surface area contributed by atoms with Crippen molar-refractivity contribution in [2.24, 2.45) is 10.4 Å². The summed E-state index contributed by atoms with van der Waals surface area (Å²) < 4.78 is 5.33. The maximum absolute atomic E-state index is 14.2. The molecule has 5 rings (SSSR count). The van der Waals surface area contributed by atoms with E-state index in [9.17, 15) is 4.79 Å². The second-order valence-corrected chi connectivity index (χ2v) is 9.51. The molecule has 32 heavy (non-hydrogen) atoms. The molecule has 5 heteroatoms. The number of amides is 1. The van der Waals surface area contributed by atoms with E-state index in [2.05, 4.69) is 36.1 Å². The Balaban J connectivity index is 1.66. The molecule has 2 aromatic carbocycles. The molecule has 2 aliphatic heterocycles. The van der Waals surface area contributed by atoms with Gasteiger partial charge in [-0.2, -0.15) is 0 Å². The highest BCUT2D eigenvalue weighted by Gasteiger charge is 2.60. The van der Waals surface area contributed by atoms with Crippen LogP contribution in [-0.2, 0) is 4.79 Å². The van der Waals surface area contributed by atoms with E-state index < -0.39 is 0 Å². The molecule has 0 aromatic heterocycles. The van der Waals surface area contributed by atoms with Crippen molar-refractivity contribution in [2.75, 3.05) is 25.1 Å². The quantitative estimate of drug-likeness (QED) is 0.642. The van der Waals surface area contributed by atoms with Crippen molar-refractivity contribution in [1.29, 1.82) is 0 Å². The molecule has 1 saturated carbocycles. The van der Waals surface area contributed by atoms with Gasteiger partial charge in [-0.25, -0.2) is 4.99 Å². The molecule has 0 radical (unpaired) electrons. The van der Waals surface area contributed by atoms with E-state index in [-0.39, 0.29) is 17.4 Å². The summed E-state index contributed by atoms with van der Waals surface area (Å²) in [5.41, 5.74) is 2.62. The predicted molar refractivity (Wildman–Crippen MR) is 129 cm³/mol. The Bertz CT molecular complexity index is 985. The maximum atomic E-state index is 14.2. The van der Waals surface area contributed by atoms with Crippen molar-refractivity contribution in [3.63, 3.8) is 0 Å². The van der Waals surface area contributed by atoms with Gasteiger partial charge in [0.1, 0.15) is 11.6 Å². The normalized spacial score (nSPS) is 24.6. The molecule has 2 aromatic rings. The highest BCUT2D eigenvalue weighted by Crippen LogP contribution is 2.50. The zero-order valence-corrected chi connectivity index (χ0v) is 19.2. The number of carbonyl (C=O) groups is 1. The molecular weight excluding hydrogens is 398 g/mol. The topological polar surface area (TPSA) is 45.1 Å². The Labute approximate surface area is 191 Å². The van der Waals surface area contributed by atoms with Gasteiger partial charge in [0.05, 0.1) is 29.9 Å². The first-order valence-electron chi connectivity index (χ1n) is 12.0. The van der Waals surface area contributed by atoms with E-state index in [4.69, 9.17) is 9.73 Å². The van der Waals surface area contributed by atoms with Crippen LogP contribution in [0.2, 0.25) is 0 Å². The fourth-order valence-electron chi connectivity index (χ4n) is 5.84. The Hall–Kier alpha value is -2.66. The molecule has 0 bridgehead atoms. The third-order valence-electron chi connectivity index (χ3n) is 7.49. The van der Waals surface area contributed by atoms with E-state index in [0.29, 0.717) is 0 Å². The summed E-state index contributed by atoms with van der Waals surface area (Å²) in [6.45, 7) is 4.17. The summed E-state index contributed by atoms with van der Waals surface area (Å²) in [7, 11) is 1.67. The lowest BCUT2D eigenvalue weighted by molar-refractivity contribution is -0.129. The average Bonchev–Trinajstić information content (AvgIpc) is 3.42. The fraction of sp³-hybridized carbons (Fsp3) is 0.481. The largest absolute Gasteiger partial charge is 0.497 e. The van der Waals surface area contributed by atoms with Crippen molar-refractivity contribution >= 4 is 23.1 Å². The minimum atomic E-state index is -0.362. The molecule has 168 valence electrons. The number of hydrogen-bond acceptors (Lipinski definition) is 4. The van der Waals surface area contributed by atoms with Crippen LogP contribution in [-0.4, -0.2) is 42.9 Å². The van der Waals surface area contributed by atoms with E-state index in [0.717, 1.165) is 61.7 Å². The van der Waals surface area contributed by atoms with E-state index in [1.165, 1.54) is 24.8 Å². The highest BCUT2D eigenvalue weighted by atomic mass is 16.5. The number of rotatable bonds is 4. The molecule has 1 spiro atoms. The number of hydrogen-bond donors (Lipinski definition) is 0. The second kappa shape index (κ2) is 8.70. The van der Waals surface area contributed by atoms with Crippen LogP contribution < -0.4 is 9.64 Å². The summed E-state index contributed by atoms with van der Waals surface area (Å²) in [6.07, 6.45) is 7.76. The van der Waals surface area contributed by atoms with Crippen molar-refractivity contribution in [3.05, 3.63) is 54.1 Å². The molecule has 2 heterocycles. The van der Waals surface area contributed by atoms with Gasteiger partial charge in [0.25, 0.3) is 0 Å². The smallest absolute Gasteiger partial charge is 0.240 e.